The van der Waals surface area contributed by atoms with E-state index >= 15 is 0 Å². The number of nitrogen functional groups attached to an aromatic ring is 1. The number of rotatable bonds is 2. The van der Waals surface area contributed by atoms with E-state index in [9.17, 15) is 14.4 Å². The summed E-state index contributed by atoms with van der Waals surface area (Å²) in [5.41, 5.74) is 7.73. The number of nitrogens with zero attached hydrogens (tertiary/aromatic N) is 2. The van der Waals surface area contributed by atoms with Crippen LogP contribution in [0.25, 0.3) is 10.9 Å². The van der Waals surface area contributed by atoms with Gasteiger partial charge in [0.2, 0.25) is 5.56 Å². The fourth-order valence-electron chi connectivity index (χ4n) is 4.32. The van der Waals surface area contributed by atoms with Gasteiger partial charge in [-0.15, -0.1) is 0 Å². The van der Waals surface area contributed by atoms with Gasteiger partial charge in [-0.25, -0.2) is 4.98 Å². The molecule has 0 saturated carbocycles. The number of hydrogen-bond acceptors (Lipinski definition) is 5. The maximum absolute atomic E-state index is 13.3. The first-order valence-corrected chi connectivity index (χ1v) is 10.7. The number of benzene rings is 1. The molecular formula is C24H27N5O3. The van der Waals surface area contributed by atoms with Gasteiger partial charge in [0, 0.05) is 18.1 Å². The summed E-state index contributed by atoms with van der Waals surface area (Å²) in [4.78, 5) is 46.3. The lowest BCUT2D eigenvalue weighted by molar-refractivity contribution is -0.150. The van der Waals surface area contributed by atoms with Crippen molar-refractivity contribution < 1.29 is 9.59 Å². The van der Waals surface area contributed by atoms with E-state index in [4.69, 9.17) is 5.73 Å². The summed E-state index contributed by atoms with van der Waals surface area (Å²) in [7, 11) is 0. The molecule has 3 heterocycles. The van der Waals surface area contributed by atoms with E-state index in [0.29, 0.717) is 18.1 Å². The zero-order valence-electron chi connectivity index (χ0n) is 18.4. The van der Waals surface area contributed by atoms with E-state index < -0.39 is 17.4 Å². The number of amides is 2. The molecule has 4 rings (SSSR count). The Morgan fingerprint density at radius 1 is 1.25 bits per heavy atom. The standard InChI is InChI=1S/C24H27N5O3/c1-14-8-9-24(3,17-5-6-19-16(11-17)4-7-20(30)28-19)29(13-14)23(32)22(31)27-18-10-15(2)21(25)26-12-18/h4-7,10-12,14H,8-9,13H2,1-3H3,(H2,25,26)(H,27,31)(H,28,30)/t14-,24-/m0/s1. The molecule has 8 heteroatoms. The molecule has 0 radical (unpaired) electrons. The molecule has 1 aromatic carbocycles. The van der Waals surface area contributed by atoms with Crippen LogP contribution in [0.5, 0.6) is 0 Å². The van der Waals surface area contributed by atoms with Crippen molar-refractivity contribution in [1.29, 1.82) is 0 Å². The lowest BCUT2D eigenvalue weighted by Crippen LogP contribution is -2.55. The SMILES string of the molecule is Cc1cc(NC(=O)C(=O)N2C[C@@H](C)CC[C@@]2(C)c2ccc3[nH]c(=O)ccc3c2)cnc1N. The summed E-state index contributed by atoms with van der Waals surface area (Å²) in [6.07, 6.45) is 3.10. The Bertz CT molecular complexity index is 1270. The van der Waals surface area contributed by atoms with Crippen LogP contribution in [0.2, 0.25) is 0 Å². The third-order valence-corrected chi connectivity index (χ3v) is 6.38. The van der Waals surface area contributed by atoms with Crippen molar-refractivity contribution in [3.63, 3.8) is 0 Å². The number of carbonyl (C=O) groups is 2. The number of likely N-dealkylation sites (tertiary alicyclic amines) is 1. The van der Waals surface area contributed by atoms with Gasteiger partial charge in [-0.3, -0.25) is 14.4 Å². The molecule has 0 spiro atoms. The fraction of sp³-hybridized carbons (Fsp3) is 0.333. The predicted octanol–water partition coefficient (Wildman–Crippen LogP) is 2.93. The van der Waals surface area contributed by atoms with E-state index in [1.807, 2.05) is 25.1 Å². The van der Waals surface area contributed by atoms with Gasteiger partial charge < -0.3 is 20.9 Å². The summed E-state index contributed by atoms with van der Waals surface area (Å²) in [5, 5.41) is 3.54. The number of aromatic nitrogens is 2. The van der Waals surface area contributed by atoms with Crippen LogP contribution < -0.4 is 16.6 Å². The molecule has 0 aliphatic carbocycles. The molecule has 2 atom stereocenters. The zero-order valence-corrected chi connectivity index (χ0v) is 18.4. The van der Waals surface area contributed by atoms with Crippen LogP contribution in [-0.2, 0) is 15.1 Å². The Kier molecular flexibility index (Phi) is 5.46. The second-order valence-corrected chi connectivity index (χ2v) is 8.84. The Morgan fingerprint density at radius 3 is 2.78 bits per heavy atom. The molecule has 32 heavy (non-hydrogen) atoms. The van der Waals surface area contributed by atoms with E-state index in [1.54, 1.807) is 24.0 Å². The van der Waals surface area contributed by atoms with Crippen LogP contribution in [-0.4, -0.2) is 33.2 Å². The van der Waals surface area contributed by atoms with Gasteiger partial charge in [0.25, 0.3) is 0 Å². The molecule has 0 unspecified atom stereocenters. The number of carbonyl (C=O) groups excluding carboxylic acids is 2. The Hall–Kier alpha value is -3.68. The monoisotopic (exact) mass is 433 g/mol. The smallest absolute Gasteiger partial charge is 0.313 e. The number of piperidine rings is 1. The molecule has 166 valence electrons. The zero-order chi connectivity index (χ0) is 23.0. The van der Waals surface area contributed by atoms with E-state index in [-0.39, 0.29) is 11.5 Å². The van der Waals surface area contributed by atoms with Gasteiger partial charge in [-0.05, 0) is 73.4 Å². The molecule has 3 aromatic rings. The summed E-state index contributed by atoms with van der Waals surface area (Å²) in [6, 6.07) is 10.7. The highest BCUT2D eigenvalue weighted by molar-refractivity contribution is 6.39. The molecule has 1 fully saturated rings. The highest BCUT2D eigenvalue weighted by Gasteiger charge is 2.43. The highest BCUT2D eigenvalue weighted by atomic mass is 16.2. The van der Waals surface area contributed by atoms with Crippen LogP contribution in [0.15, 0.2) is 47.4 Å². The minimum Gasteiger partial charge on any atom is -0.383 e. The first kappa shape index (κ1) is 21.5. The number of aromatic amines is 1. The molecule has 2 amide bonds. The number of fused-ring (bicyclic) bond motifs is 1. The lowest BCUT2D eigenvalue weighted by atomic mass is 9.78. The number of nitrogens with two attached hydrogens (primary N) is 1. The van der Waals surface area contributed by atoms with Crippen LogP contribution in [0.1, 0.15) is 37.8 Å². The second kappa shape index (κ2) is 8.11. The number of aryl methyl sites for hydroxylation is 1. The maximum atomic E-state index is 13.3. The minimum absolute atomic E-state index is 0.163. The van der Waals surface area contributed by atoms with E-state index in [1.165, 1.54) is 12.3 Å². The fourth-order valence-corrected chi connectivity index (χ4v) is 4.32. The molecule has 1 aliphatic heterocycles. The maximum Gasteiger partial charge on any atom is 0.313 e. The summed E-state index contributed by atoms with van der Waals surface area (Å²) >= 11 is 0. The van der Waals surface area contributed by atoms with Crippen molar-refractivity contribution >= 4 is 34.2 Å². The van der Waals surface area contributed by atoms with Gasteiger partial charge in [-0.1, -0.05) is 13.0 Å². The van der Waals surface area contributed by atoms with Crippen LogP contribution in [0, 0.1) is 12.8 Å². The molecule has 0 bridgehead atoms. The van der Waals surface area contributed by atoms with Gasteiger partial charge in [0.15, 0.2) is 0 Å². The predicted molar refractivity (Wildman–Crippen MR) is 124 cm³/mol. The average molecular weight is 434 g/mol. The van der Waals surface area contributed by atoms with Crippen LogP contribution in [0.3, 0.4) is 0 Å². The van der Waals surface area contributed by atoms with Gasteiger partial charge in [-0.2, -0.15) is 0 Å². The summed E-state index contributed by atoms with van der Waals surface area (Å²) < 4.78 is 0. The van der Waals surface area contributed by atoms with Crippen molar-refractivity contribution in [3.05, 3.63) is 64.1 Å². The Morgan fingerprint density at radius 2 is 2.03 bits per heavy atom. The minimum atomic E-state index is -0.707. The molecule has 2 aromatic heterocycles. The van der Waals surface area contributed by atoms with E-state index in [2.05, 4.69) is 22.2 Å². The first-order valence-electron chi connectivity index (χ1n) is 10.7. The Labute approximate surface area is 185 Å². The second-order valence-electron chi connectivity index (χ2n) is 8.84. The van der Waals surface area contributed by atoms with E-state index in [0.717, 1.165) is 34.9 Å². The highest BCUT2D eigenvalue weighted by Crippen LogP contribution is 2.40. The van der Waals surface area contributed by atoms with Crippen molar-refractivity contribution in [2.45, 2.75) is 39.2 Å². The van der Waals surface area contributed by atoms with Crippen molar-refractivity contribution in [3.8, 4) is 0 Å². The molecule has 4 N–H and O–H groups in total. The molecular weight excluding hydrogens is 406 g/mol. The average Bonchev–Trinajstić information content (AvgIpc) is 2.77. The van der Waals surface area contributed by atoms with Gasteiger partial charge in [0.05, 0.1) is 17.4 Å². The lowest BCUT2D eigenvalue weighted by Gasteiger charge is -2.47. The number of H-pyrrole nitrogens is 1. The van der Waals surface area contributed by atoms with Crippen molar-refractivity contribution in [1.82, 2.24) is 14.9 Å². The molecule has 1 aliphatic rings. The van der Waals surface area contributed by atoms with Gasteiger partial charge in [0.1, 0.15) is 5.82 Å². The summed E-state index contributed by atoms with van der Waals surface area (Å²) in [5.74, 6) is -0.641. The van der Waals surface area contributed by atoms with Crippen LogP contribution in [0.4, 0.5) is 11.5 Å². The molecule has 1 saturated heterocycles. The summed E-state index contributed by atoms with van der Waals surface area (Å²) in [6.45, 7) is 6.34. The number of pyridine rings is 2. The number of hydrogen-bond donors (Lipinski definition) is 3. The number of nitrogens with one attached hydrogen (secondary N) is 2. The quantitative estimate of drug-likeness (QED) is 0.537. The number of anilines is 2. The third kappa shape index (κ3) is 3.95. The Balaban J connectivity index is 1.65. The topological polar surface area (TPSA) is 121 Å². The van der Waals surface area contributed by atoms with Gasteiger partial charge >= 0.3 is 11.8 Å². The first-order chi connectivity index (χ1) is 15.2. The van der Waals surface area contributed by atoms with Crippen molar-refractivity contribution in [2.24, 2.45) is 5.92 Å². The largest absolute Gasteiger partial charge is 0.383 e. The van der Waals surface area contributed by atoms with Crippen molar-refractivity contribution in [2.75, 3.05) is 17.6 Å². The molecule has 8 nitrogen and oxygen atoms in total. The van der Waals surface area contributed by atoms with Crippen LogP contribution >= 0.6 is 0 Å². The normalized spacial score (nSPS) is 20.8. The third-order valence-electron chi connectivity index (χ3n) is 6.38.